The molecule has 2 amide bonds. The van der Waals surface area contributed by atoms with Crippen LogP contribution in [0.5, 0.6) is 0 Å². The van der Waals surface area contributed by atoms with Gasteiger partial charge in [0.25, 0.3) is 5.91 Å². The minimum Gasteiger partial charge on any atom is -0.480 e. The normalized spacial score (nSPS) is 20.9. The summed E-state index contributed by atoms with van der Waals surface area (Å²) in [5, 5.41) is 12.1. The molecule has 0 aromatic heterocycles. The van der Waals surface area contributed by atoms with Gasteiger partial charge < -0.3 is 15.3 Å². The minimum absolute atomic E-state index is 0.106. The smallest absolute Gasteiger partial charge is 0.326 e. The maximum absolute atomic E-state index is 12.2. The van der Waals surface area contributed by atoms with Crippen molar-refractivity contribution in [2.75, 3.05) is 18.8 Å². The molecular weight excluding hydrogens is 346 g/mol. The van der Waals surface area contributed by atoms with E-state index >= 15 is 0 Å². The van der Waals surface area contributed by atoms with Gasteiger partial charge in [0.15, 0.2) is 0 Å². The number of aliphatic carboxylic acids is 1. The van der Waals surface area contributed by atoms with E-state index in [1.54, 1.807) is 37.3 Å². The molecule has 1 aromatic carbocycles. The second-order valence-corrected chi connectivity index (χ2v) is 7.18. The van der Waals surface area contributed by atoms with Gasteiger partial charge in [0.2, 0.25) is 5.91 Å². The Morgan fingerprint density at radius 2 is 1.96 bits per heavy atom. The SMILES string of the molecule is CCS(=O)NCC(=O)N1C[C@H](NC(=O)c2ccccc2)C[C@H]1C(=O)O. The number of hydrogen-bond acceptors (Lipinski definition) is 4. The molecule has 0 aliphatic carbocycles. The van der Waals surface area contributed by atoms with Gasteiger partial charge in [0, 0.05) is 30.3 Å². The lowest BCUT2D eigenvalue weighted by Gasteiger charge is -2.21. The summed E-state index contributed by atoms with van der Waals surface area (Å²) in [5.74, 6) is -1.54. The van der Waals surface area contributed by atoms with Crippen molar-refractivity contribution >= 4 is 28.8 Å². The zero-order chi connectivity index (χ0) is 18.4. The van der Waals surface area contributed by atoms with E-state index in [1.165, 1.54) is 4.90 Å². The highest BCUT2D eigenvalue weighted by atomic mass is 32.2. The molecule has 1 fully saturated rings. The van der Waals surface area contributed by atoms with Gasteiger partial charge in [-0.05, 0) is 12.1 Å². The Morgan fingerprint density at radius 1 is 1.28 bits per heavy atom. The van der Waals surface area contributed by atoms with Crippen LogP contribution in [0.4, 0.5) is 0 Å². The predicted octanol–water partition coefficient (Wildman–Crippen LogP) is -0.256. The number of carboxylic acid groups (broad SMARTS) is 1. The topological polar surface area (TPSA) is 116 Å². The van der Waals surface area contributed by atoms with Crippen LogP contribution in [-0.2, 0) is 20.6 Å². The van der Waals surface area contributed by atoms with Gasteiger partial charge in [-0.25, -0.2) is 13.7 Å². The van der Waals surface area contributed by atoms with Crippen molar-refractivity contribution in [3.8, 4) is 0 Å². The standard InChI is InChI=1S/C16H21N3O5S/c1-2-25(24)17-9-14(20)19-10-12(8-13(19)16(22)23)18-15(21)11-6-4-3-5-7-11/h3-7,12-13,17H,2,8-10H2,1H3,(H,18,21)(H,22,23)/t12-,13+,25?/m1/s1. The van der Waals surface area contributed by atoms with Crippen molar-refractivity contribution in [1.82, 2.24) is 14.9 Å². The monoisotopic (exact) mass is 367 g/mol. The van der Waals surface area contributed by atoms with Gasteiger partial charge in [-0.1, -0.05) is 25.1 Å². The van der Waals surface area contributed by atoms with E-state index in [4.69, 9.17) is 0 Å². The third-order valence-corrected chi connectivity index (χ3v) is 4.91. The first-order valence-electron chi connectivity index (χ1n) is 7.92. The number of amides is 2. The summed E-state index contributed by atoms with van der Waals surface area (Å²) in [4.78, 5) is 37.1. The van der Waals surface area contributed by atoms with Crippen molar-refractivity contribution in [3.05, 3.63) is 35.9 Å². The summed E-state index contributed by atoms with van der Waals surface area (Å²) in [6.07, 6.45) is 0.135. The second kappa shape index (κ2) is 8.72. The van der Waals surface area contributed by atoms with Crippen molar-refractivity contribution in [2.24, 2.45) is 0 Å². The van der Waals surface area contributed by atoms with Crippen molar-refractivity contribution in [1.29, 1.82) is 0 Å². The zero-order valence-electron chi connectivity index (χ0n) is 13.8. The van der Waals surface area contributed by atoms with Crippen LogP contribution in [0.15, 0.2) is 30.3 Å². The third-order valence-electron chi connectivity index (χ3n) is 3.92. The molecular formula is C16H21N3O5S. The molecule has 136 valence electrons. The summed E-state index contributed by atoms with van der Waals surface area (Å²) < 4.78 is 13.9. The molecule has 0 saturated carbocycles. The molecule has 1 aliphatic rings. The molecule has 0 radical (unpaired) electrons. The summed E-state index contributed by atoms with van der Waals surface area (Å²) >= 11 is 0. The van der Waals surface area contributed by atoms with Crippen LogP contribution in [0.3, 0.4) is 0 Å². The Hall–Kier alpha value is -2.26. The lowest BCUT2D eigenvalue weighted by atomic mass is 10.1. The third kappa shape index (κ3) is 5.10. The number of rotatable bonds is 7. The van der Waals surface area contributed by atoms with Crippen LogP contribution in [0.25, 0.3) is 0 Å². The lowest BCUT2D eigenvalue weighted by molar-refractivity contribution is -0.147. The molecule has 25 heavy (non-hydrogen) atoms. The van der Waals surface area contributed by atoms with E-state index < -0.39 is 34.9 Å². The summed E-state index contributed by atoms with van der Waals surface area (Å²) in [7, 11) is -1.33. The van der Waals surface area contributed by atoms with Crippen molar-refractivity contribution in [3.63, 3.8) is 0 Å². The number of nitrogens with zero attached hydrogens (tertiary/aromatic N) is 1. The Morgan fingerprint density at radius 3 is 2.56 bits per heavy atom. The highest BCUT2D eigenvalue weighted by Gasteiger charge is 2.40. The van der Waals surface area contributed by atoms with Crippen molar-refractivity contribution < 1.29 is 23.7 Å². The number of hydrogen-bond donors (Lipinski definition) is 3. The van der Waals surface area contributed by atoms with Crippen LogP contribution in [0, 0.1) is 0 Å². The summed E-state index contributed by atoms with van der Waals surface area (Å²) in [6, 6.07) is 7.12. The highest BCUT2D eigenvalue weighted by Crippen LogP contribution is 2.19. The van der Waals surface area contributed by atoms with Gasteiger partial charge in [0.05, 0.1) is 17.5 Å². The van der Waals surface area contributed by atoms with E-state index in [9.17, 15) is 23.7 Å². The van der Waals surface area contributed by atoms with Gasteiger partial charge >= 0.3 is 5.97 Å². The Labute approximate surface area is 148 Å². The largest absolute Gasteiger partial charge is 0.480 e. The fourth-order valence-corrected chi connectivity index (χ4v) is 3.14. The summed E-state index contributed by atoms with van der Waals surface area (Å²) in [6.45, 7) is 1.61. The Balaban J connectivity index is 1.99. The van der Waals surface area contributed by atoms with E-state index in [-0.39, 0.29) is 25.4 Å². The maximum atomic E-state index is 12.2. The average Bonchev–Trinajstić information content (AvgIpc) is 3.04. The molecule has 8 nitrogen and oxygen atoms in total. The van der Waals surface area contributed by atoms with Crippen LogP contribution in [0.1, 0.15) is 23.7 Å². The zero-order valence-corrected chi connectivity index (χ0v) is 14.6. The minimum atomic E-state index is -1.33. The van der Waals surface area contributed by atoms with E-state index in [2.05, 4.69) is 10.0 Å². The van der Waals surface area contributed by atoms with Crippen LogP contribution in [-0.4, -0.2) is 62.9 Å². The van der Waals surface area contributed by atoms with Crippen molar-refractivity contribution in [2.45, 2.75) is 25.4 Å². The molecule has 1 aromatic rings. The average molecular weight is 367 g/mol. The van der Waals surface area contributed by atoms with E-state index in [1.807, 2.05) is 0 Å². The molecule has 9 heteroatoms. The van der Waals surface area contributed by atoms with Gasteiger partial charge in [-0.2, -0.15) is 0 Å². The van der Waals surface area contributed by atoms with Crippen LogP contribution < -0.4 is 10.0 Å². The maximum Gasteiger partial charge on any atom is 0.326 e. The molecule has 1 aliphatic heterocycles. The molecule has 3 N–H and O–H groups in total. The number of carboxylic acids is 1. The Kier molecular flexibility index (Phi) is 6.65. The van der Waals surface area contributed by atoms with Gasteiger partial charge in [0.1, 0.15) is 6.04 Å². The first kappa shape index (κ1) is 19.1. The quantitative estimate of drug-likeness (QED) is 0.614. The molecule has 1 saturated heterocycles. The van der Waals surface area contributed by atoms with E-state index in [0.29, 0.717) is 11.3 Å². The summed E-state index contributed by atoms with van der Waals surface area (Å²) in [5.41, 5.74) is 0.471. The number of nitrogens with one attached hydrogen (secondary N) is 2. The molecule has 3 atom stereocenters. The predicted molar refractivity (Wildman–Crippen MR) is 92.1 cm³/mol. The number of carbonyl (C=O) groups is 3. The fourth-order valence-electron chi connectivity index (χ4n) is 2.65. The van der Waals surface area contributed by atoms with Gasteiger partial charge in [-0.15, -0.1) is 0 Å². The number of benzene rings is 1. The molecule has 2 rings (SSSR count). The second-order valence-electron chi connectivity index (χ2n) is 5.63. The van der Waals surface area contributed by atoms with Crippen LogP contribution >= 0.6 is 0 Å². The van der Waals surface area contributed by atoms with E-state index in [0.717, 1.165) is 0 Å². The lowest BCUT2D eigenvalue weighted by Crippen LogP contribution is -2.45. The number of likely N-dealkylation sites (tertiary alicyclic amines) is 1. The first-order chi connectivity index (χ1) is 11.9. The highest BCUT2D eigenvalue weighted by molar-refractivity contribution is 7.83. The molecule has 1 unspecified atom stereocenters. The molecule has 1 heterocycles. The fraction of sp³-hybridized carbons (Fsp3) is 0.438. The first-order valence-corrected chi connectivity index (χ1v) is 9.24. The van der Waals surface area contributed by atoms with Gasteiger partial charge in [-0.3, -0.25) is 9.59 Å². The Bertz CT molecular complexity index is 667. The molecule has 0 bridgehead atoms. The number of carbonyl (C=O) groups excluding carboxylic acids is 2. The van der Waals surface area contributed by atoms with Crippen LogP contribution in [0.2, 0.25) is 0 Å². The molecule has 0 spiro atoms.